The van der Waals surface area contributed by atoms with Gasteiger partial charge in [-0.25, -0.2) is 4.98 Å². The van der Waals surface area contributed by atoms with Crippen LogP contribution >= 0.6 is 0 Å². The zero-order valence-corrected chi connectivity index (χ0v) is 10.4. The molecule has 92 valence electrons. The first kappa shape index (κ1) is 11.1. The van der Waals surface area contributed by atoms with E-state index >= 15 is 0 Å². The van der Waals surface area contributed by atoms with Gasteiger partial charge in [0.15, 0.2) is 0 Å². The predicted octanol–water partition coefficient (Wildman–Crippen LogP) is 2.85. The highest BCUT2D eigenvalue weighted by atomic mass is 15.2. The maximum atomic E-state index is 9.10. The summed E-state index contributed by atoms with van der Waals surface area (Å²) in [5, 5.41) is 9.10. The average Bonchev–Trinajstić information content (AvgIpc) is 2.91. The van der Waals surface area contributed by atoms with Crippen molar-refractivity contribution in [2.75, 3.05) is 5.73 Å². The van der Waals surface area contributed by atoms with E-state index in [0.29, 0.717) is 17.6 Å². The van der Waals surface area contributed by atoms with Crippen LogP contribution in [0.5, 0.6) is 0 Å². The van der Waals surface area contributed by atoms with E-state index < -0.39 is 0 Å². The molecule has 3 rings (SSSR count). The molecule has 1 fully saturated rings. The maximum absolute atomic E-state index is 9.10. The molecule has 1 aliphatic rings. The van der Waals surface area contributed by atoms with Crippen LogP contribution in [-0.2, 0) is 0 Å². The summed E-state index contributed by atoms with van der Waals surface area (Å²) in [7, 11) is 0. The Bertz CT molecular complexity index is 635. The van der Waals surface area contributed by atoms with Gasteiger partial charge in [0.25, 0.3) is 0 Å². The van der Waals surface area contributed by atoms with Crippen LogP contribution in [0.15, 0.2) is 18.2 Å². The van der Waals surface area contributed by atoms with Crippen LogP contribution in [0.25, 0.3) is 11.0 Å². The van der Waals surface area contributed by atoms with Gasteiger partial charge in [0, 0.05) is 6.04 Å². The summed E-state index contributed by atoms with van der Waals surface area (Å²) in [6.45, 7) is 2.27. The molecule has 4 heteroatoms. The number of imidazole rings is 1. The van der Waals surface area contributed by atoms with Gasteiger partial charge < -0.3 is 10.3 Å². The molecule has 1 aliphatic carbocycles. The molecule has 0 bridgehead atoms. The quantitative estimate of drug-likeness (QED) is 0.833. The van der Waals surface area contributed by atoms with Crippen LogP contribution < -0.4 is 5.73 Å². The first-order valence-corrected chi connectivity index (χ1v) is 6.37. The van der Waals surface area contributed by atoms with Crippen LogP contribution in [0, 0.1) is 17.2 Å². The van der Waals surface area contributed by atoms with Gasteiger partial charge in [-0.15, -0.1) is 0 Å². The van der Waals surface area contributed by atoms with Gasteiger partial charge in [0.2, 0.25) is 5.95 Å². The van der Waals surface area contributed by atoms with Crippen molar-refractivity contribution in [1.82, 2.24) is 9.55 Å². The summed E-state index contributed by atoms with van der Waals surface area (Å²) in [5.74, 6) is 1.28. The number of nitrogens with two attached hydrogens (primary N) is 1. The van der Waals surface area contributed by atoms with E-state index in [2.05, 4.69) is 22.5 Å². The normalized spacial score (nSPS) is 23.3. The number of nitrogen functional groups attached to an aromatic ring is 1. The maximum Gasteiger partial charge on any atom is 0.201 e. The molecule has 4 nitrogen and oxygen atoms in total. The number of fused-ring (bicyclic) bond motifs is 1. The second kappa shape index (κ2) is 4.02. The number of hydrogen-bond donors (Lipinski definition) is 1. The van der Waals surface area contributed by atoms with Crippen molar-refractivity contribution in [3.05, 3.63) is 23.8 Å². The SMILES string of the molecule is CC1CCC(n2c(N)nc3c(C#N)cccc32)C1. The number of para-hydroxylation sites is 1. The second-order valence-electron chi connectivity index (χ2n) is 5.20. The lowest BCUT2D eigenvalue weighted by Crippen LogP contribution is -2.08. The van der Waals surface area contributed by atoms with Crippen molar-refractivity contribution >= 4 is 17.0 Å². The minimum Gasteiger partial charge on any atom is -0.369 e. The molecule has 1 heterocycles. The fraction of sp³-hybridized carbons (Fsp3) is 0.429. The summed E-state index contributed by atoms with van der Waals surface area (Å²) >= 11 is 0. The van der Waals surface area contributed by atoms with E-state index in [-0.39, 0.29) is 0 Å². The smallest absolute Gasteiger partial charge is 0.201 e. The molecule has 0 aliphatic heterocycles. The summed E-state index contributed by atoms with van der Waals surface area (Å²) in [4.78, 5) is 4.37. The number of anilines is 1. The van der Waals surface area contributed by atoms with Gasteiger partial charge in [0.1, 0.15) is 11.6 Å². The van der Waals surface area contributed by atoms with Crippen molar-refractivity contribution in [2.45, 2.75) is 32.2 Å². The lowest BCUT2D eigenvalue weighted by molar-refractivity contribution is 0.510. The molecule has 0 amide bonds. The number of benzene rings is 1. The molecule has 1 aromatic carbocycles. The third-order valence-electron chi connectivity index (χ3n) is 3.90. The molecule has 18 heavy (non-hydrogen) atoms. The topological polar surface area (TPSA) is 67.6 Å². The summed E-state index contributed by atoms with van der Waals surface area (Å²) in [6, 6.07) is 8.30. The molecule has 0 spiro atoms. The largest absolute Gasteiger partial charge is 0.369 e. The van der Waals surface area contributed by atoms with E-state index in [4.69, 9.17) is 11.0 Å². The number of rotatable bonds is 1. The van der Waals surface area contributed by atoms with Crippen LogP contribution in [0.4, 0.5) is 5.95 Å². The Morgan fingerprint density at radius 3 is 2.94 bits per heavy atom. The molecule has 2 unspecified atom stereocenters. The Hall–Kier alpha value is -2.02. The average molecular weight is 240 g/mol. The molecule has 2 atom stereocenters. The van der Waals surface area contributed by atoms with Crippen LogP contribution in [0.3, 0.4) is 0 Å². The molecule has 0 radical (unpaired) electrons. The van der Waals surface area contributed by atoms with E-state index in [1.165, 1.54) is 6.42 Å². The van der Waals surface area contributed by atoms with Gasteiger partial charge in [-0.3, -0.25) is 0 Å². The summed E-state index contributed by atoms with van der Waals surface area (Å²) in [6.07, 6.45) is 3.53. The number of nitrogens with zero attached hydrogens (tertiary/aromatic N) is 3. The standard InChI is InChI=1S/C14H16N4/c1-9-5-6-11(7-9)18-12-4-2-3-10(8-15)13(12)17-14(18)16/h2-4,9,11H,5-7H2,1H3,(H2,16,17). The highest BCUT2D eigenvalue weighted by Crippen LogP contribution is 2.38. The highest BCUT2D eigenvalue weighted by molar-refractivity contribution is 5.84. The van der Waals surface area contributed by atoms with Crippen molar-refractivity contribution in [3.8, 4) is 6.07 Å². The van der Waals surface area contributed by atoms with Crippen LogP contribution in [0.1, 0.15) is 37.8 Å². The molecular formula is C14H16N4. The lowest BCUT2D eigenvalue weighted by atomic mass is 10.1. The fourth-order valence-corrected chi connectivity index (χ4v) is 3.02. The van der Waals surface area contributed by atoms with Gasteiger partial charge >= 0.3 is 0 Å². The third-order valence-corrected chi connectivity index (χ3v) is 3.90. The first-order valence-electron chi connectivity index (χ1n) is 6.37. The Labute approximate surface area is 106 Å². The van der Waals surface area contributed by atoms with Crippen molar-refractivity contribution in [2.24, 2.45) is 5.92 Å². The Kier molecular flexibility index (Phi) is 2.48. The fourth-order valence-electron chi connectivity index (χ4n) is 3.02. The van der Waals surface area contributed by atoms with Crippen molar-refractivity contribution < 1.29 is 0 Å². The van der Waals surface area contributed by atoms with Gasteiger partial charge in [-0.1, -0.05) is 13.0 Å². The van der Waals surface area contributed by atoms with E-state index in [1.54, 1.807) is 6.07 Å². The molecule has 1 saturated carbocycles. The van der Waals surface area contributed by atoms with Gasteiger partial charge in [0.05, 0.1) is 11.1 Å². The van der Waals surface area contributed by atoms with Crippen LogP contribution in [-0.4, -0.2) is 9.55 Å². The monoisotopic (exact) mass is 240 g/mol. The Morgan fingerprint density at radius 2 is 2.28 bits per heavy atom. The molecule has 1 aromatic heterocycles. The predicted molar refractivity (Wildman–Crippen MR) is 70.9 cm³/mol. The summed E-state index contributed by atoms with van der Waals surface area (Å²) in [5.41, 5.74) is 8.37. The number of hydrogen-bond acceptors (Lipinski definition) is 3. The number of nitriles is 1. The third kappa shape index (κ3) is 1.55. The lowest BCUT2D eigenvalue weighted by Gasteiger charge is -2.14. The van der Waals surface area contributed by atoms with Gasteiger partial charge in [-0.2, -0.15) is 5.26 Å². The zero-order valence-electron chi connectivity index (χ0n) is 10.4. The van der Waals surface area contributed by atoms with Crippen molar-refractivity contribution in [3.63, 3.8) is 0 Å². The minimum absolute atomic E-state index is 0.430. The van der Waals surface area contributed by atoms with Gasteiger partial charge in [-0.05, 0) is 37.3 Å². The zero-order chi connectivity index (χ0) is 12.7. The molecule has 2 N–H and O–H groups in total. The molecule has 0 saturated heterocycles. The van der Waals surface area contributed by atoms with E-state index in [0.717, 1.165) is 29.8 Å². The molecular weight excluding hydrogens is 224 g/mol. The van der Waals surface area contributed by atoms with Crippen molar-refractivity contribution in [1.29, 1.82) is 5.26 Å². The molecule has 2 aromatic rings. The Balaban J connectivity index is 2.18. The second-order valence-corrected chi connectivity index (χ2v) is 5.20. The summed E-state index contributed by atoms with van der Waals surface area (Å²) < 4.78 is 2.11. The number of aromatic nitrogens is 2. The minimum atomic E-state index is 0.430. The Morgan fingerprint density at radius 1 is 1.44 bits per heavy atom. The highest BCUT2D eigenvalue weighted by Gasteiger charge is 2.26. The van der Waals surface area contributed by atoms with E-state index in [9.17, 15) is 0 Å². The van der Waals surface area contributed by atoms with Crippen LogP contribution in [0.2, 0.25) is 0 Å². The van der Waals surface area contributed by atoms with E-state index in [1.807, 2.05) is 12.1 Å². The first-order chi connectivity index (χ1) is 8.70.